The van der Waals surface area contributed by atoms with Crippen LogP contribution in [0.25, 0.3) is 0 Å². The number of nitrogens with two attached hydrogens (primary N) is 1. The van der Waals surface area contributed by atoms with Crippen LogP contribution in [0.5, 0.6) is 0 Å². The van der Waals surface area contributed by atoms with Gasteiger partial charge in [0.1, 0.15) is 0 Å². The molecule has 0 aliphatic heterocycles. The van der Waals surface area contributed by atoms with E-state index in [0.29, 0.717) is 0 Å². The Morgan fingerprint density at radius 3 is 1.42 bits per heavy atom. The Labute approximate surface area is 127 Å². The SMILES string of the molecule is [CH2-][CH-]OC(N)=O.[SH-].[SH-].[SH-].[SH-].[Zn].[Zn]. The minimum atomic E-state index is -0.829. The van der Waals surface area contributed by atoms with E-state index in [0.717, 1.165) is 6.61 Å². The molecule has 0 aliphatic rings. The number of ether oxygens (including phenoxy) is 1. The first-order chi connectivity index (χ1) is 2.77. The number of thiol groups is 4. The summed E-state index contributed by atoms with van der Waals surface area (Å²) in [7, 11) is 0. The number of carbonyl (C=O) groups is 1. The smallest absolute Gasteiger partial charge is 0.370 e. The first-order valence-electron chi connectivity index (χ1n) is 1.34. The molecular weight excluding hydrogens is 341 g/mol. The molecule has 0 aromatic rings. The van der Waals surface area contributed by atoms with Crippen LogP contribution >= 0.6 is 0 Å². The number of carbonyl (C=O) groups excluding carboxylic acids is 1. The van der Waals surface area contributed by atoms with Crippen LogP contribution in [0.3, 0.4) is 0 Å². The van der Waals surface area contributed by atoms with Gasteiger partial charge >= 0.3 is 6.09 Å². The standard InChI is InChI=1S/C3H5NO2.4H2S.2Zn/c1-2-6-3(4)5;;;;;;/h2H,1H2,(H2,4,5);4*1H2;;/q-2;;;;;;/p-4. The maximum atomic E-state index is 9.53. The first-order valence-corrected chi connectivity index (χ1v) is 1.34. The molecule has 0 fully saturated rings. The summed E-state index contributed by atoms with van der Waals surface area (Å²) in [5.41, 5.74) is 4.47. The Hall–Kier alpha value is 1.92. The number of hydrogen-bond donors (Lipinski definition) is 1. The van der Waals surface area contributed by atoms with E-state index in [1.165, 1.54) is 0 Å². The minimum Gasteiger partial charge on any atom is -0.813 e. The van der Waals surface area contributed by atoms with Crippen LogP contribution in [-0.2, 0) is 97.7 Å². The number of primary amides is 1. The zero-order valence-electron chi connectivity index (χ0n) is 6.38. The van der Waals surface area contributed by atoms with Crippen molar-refractivity contribution in [2.45, 2.75) is 0 Å². The van der Waals surface area contributed by atoms with Gasteiger partial charge in [-0.2, -0.15) is 0 Å². The molecule has 0 saturated heterocycles. The molecular formula is C3H9NO2S4Zn2-6. The second-order valence-corrected chi connectivity index (χ2v) is 0.604. The van der Waals surface area contributed by atoms with E-state index in [9.17, 15) is 4.79 Å². The van der Waals surface area contributed by atoms with Crippen molar-refractivity contribution in [2.24, 2.45) is 5.73 Å². The largest absolute Gasteiger partial charge is 0.813 e. The van der Waals surface area contributed by atoms with E-state index in [1.54, 1.807) is 0 Å². The fraction of sp³-hybridized carbons (Fsp3) is 0. The molecule has 0 bridgehead atoms. The van der Waals surface area contributed by atoms with Crippen LogP contribution in [0.1, 0.15) is 0 Å². The van der Waals surface area contributed by atoms with E-state index < -0.39 is 6.09 Å². The zero-order valence-corrected chi connectivity index (χ0v) is 15.9. The molecule has 2 N–H and O–H groups in total. The van der Waals surface area contributed by atoms with Crippen LogP contribution in [0.4, 0.5) is 4.79 Å². The molecule has 0 spiro atoms. The van der Waals surface area contributed by atoms with Gasteiger partial charge in [0.05, 0.1) is 0 Å². The second-order valence-electron chi connectivity index (χ2n) is 0.604. The summed E-state index contributed by atoms with van der Waals surface area (Å²) in [6.07, 6.45) is -0.829. The van der Waals surface area contributed by atoms with Gasteiger partial charge in [0.15, 0.2) is 0 Å². The van der Waals surface area contributed by atoms with Crippen molar-refractivity contribution >= 4 is 60.1 Å². The summed E-state index contributed by atoms with van der Waals surface area (Å²) in [5.74, 6) is 0. The van der Waals surface area contributed by atoms with Crippen molar-refractivity contribution in [1.82, 2.24) is 0 Å². The van der Waals surface area contributed by atoms with Crippen molar-refractivity contribution in [3.05, 3.63) is 13.5 Å². The van der Waals surface area contributed by atoms with Crippen molar-refractivity contribution in [3.8, 4) is 0 Å². The third-order valence-corrected chi connectivity index (χ3v) is 0.199. The zero-order chi connectivity index (χ0) is 4.99. The Bertz CT molecular complexity index is 70.3. The molecule has 0 saturated carbocycles. The molecule has 0 heterocycles. The maximum absolute atomic E-state index is 9.53. The third kappa shape index (κ3) is 58.7. The molecule has 3 nitrogen and oxygen atoms in total. The average molecular weight is 350 g/mol. The minimum absolute atomic E-state index is 0. The Balaban J connectivity index is -0.00000000833. The molecule has 0 aromatic heterocycles. The molecule has 0 unspecified atom stereocenters. The topological polar surface area (TPSA) is 52.3 Å². The predicted octanol–water partition coefficient (Wildman–Crippen LogP) is -1.01. The fourth-order valence-electron chi connectivity index (χ4n) is 0.0821. The molecule has 0 radical (unpaired) electrons. The summed E-state index contributed by atoms with van der Waals surface area (Å²) >= 11 is 0. The van der Waals surface area contributed by atoms with Gasteiger partial charge in [-0.05, 0) is 0 Å². The number of hydrogen-bond acceptors (Lipinski definition) is 6. The quantitative estimate of drug-likeness (QED) is 0.283. The monoisotopic (exact) mass is 347 g/mol. The molecule has 1 amide bonds. The van der Waals surface area contributed by atoms with Crippen molar-refractivity contribution in [1.29, 1.82) is 0 Å². The average Bonchev–Trinajstić information content (AvgIpc) is 1.35. The van der Waals surface area contributed by atoms with E-state index >= 15 is 0 Å². The second kappa shape index (κ2) is 38.3. The van der Waals surface area contributed by atoms with Crippen LogP contribution in [-0.4, -0.2) is 6.09 Å². The molecule has 0 rings (SSSR count). The Morgan fingerprint density at radius 1 is 1.17 bits per heavy atom. The summed E-state index contributed by atoms with van der Waals surface area (Å²) in [6.45, 7) is 4.05. The van der Waals surface area contributed by atoms with Gasteiger partial charge in [-0.1, -0.05) is 0 Å². The van der Waals surface area contributed by atoms with Gasteiger partial charge in [-0.15, -0.1) is 0 Å². The van der Waals surface area contributed by atoms with E-state index in [4.69, 9.17) is 0 Å². The Kier molecular flexibility index (Phi) is 155. The van der Waals surface area contributed by atoms with E-state index in [1.807, 2.05) is 0 Å². The molecule has 0 atom stereocenters. The van der Waals surface area contributed by atoms with Gasteiger partial charge in [-0.3, -0.25) is 0 Å². The van der Waals surface area contributed by atoms with Gasteiger partial charge in [0, 0.05) is 39.0 Å². The molecule has 12 heavy (non-hydrogen) atoms. The molecule has 9 heteroatoms. The van der Waals surface area contributed by atoms with E-state index in [-0.39, 0.29) is 92.9 Å². The van der Waals surface area contributed by atoms with Gasteiger partial charge in [-0.25, -0.2) is 4.79 Å². The number of amides is 1. The maximum Gasteiger partial charge on any atom is 0.370 e. The van der Waals surface area contributed by atoms with Gasteiger partial charge in [0.2, 0.25) is 0 Å². The number of rotatable bonds is 1. The van der Waals surface area contributed by atoms with Crippen molar-refractivity contribution in [3.63, 3.8) is 0 Å². The van der Waals surface area contributed by atoms with Crippen LogP contribution in [0.15, 0.2) is 0 Å². The summed E-state index contributed by atoms with van der Waals surface area (Å²) in [5, 5.41) is 0. The Morgan fingerprint density at radius 2 is 1.42 bits per heavy atom. The molecule has 0 aliphatic carbocycles. The summed E-state index contributed by atoms with van der Waals surface area (Å²) in [6, 6.07) is 0. The summed E-state index contributed by atoms with van der Waals surface area (Å²) < 4.78 is 3.94. The van der Waals surface area contributed by atoms with Gasteiger partial charge in [0.25, 0.3) is 0 Å². The van der Waals surface area contributed by atoms with Crippen molar-refractivity contribution < 1.29 is 48.5 Å². The summed E-state index contributed by atoms with van der Waals surface area (Å²) in [4.78, 5) is 9.53. The third-order valence-electron chi connectivity index (χ3n) is 0.199. The van der Waals surface area contributed by atoms with Crippen molar-refractivity contribution in [2.75, 3.05) is 0 Å². The first kappa shape index (κ1) is 48.5. The van der Waals surface area contributed by atoms with Crippen LogP contribution in [0.2, 0.25) is 0 Å². The van der Waals surface area contributed by atoms with E-state index in [2.05, 4.69) is 17.4 Å². The molecule has 72 valence electrons. The van der Waals surface area contributed by atoms with Gasteiger partial charge < -0.3 is 78.0 Å². The van der Waals surface area contributed by atoms with Crippen LogP contribution in [0, 0.1) is 13.5 Å². The normalized spacial score (nSPS) is 3.75. The van der Waals surface area contributed by atoms with Crippen LogP contribution < -0.4 is 5.73 Å². The fourth-order valence-corrected chi connectivity index (χ4v) is 0.0821. The molecule has 0 aromatic carbocycles. The predicted molar refractivity (Wildman–Crippen MR) is 55.4 cm³/mol.